The van der Waals surface area contributed by atoms with E-state index < -0.39 is 0 Å². The van der Waals surface area contributed by atoms with Crippen LogP contribution in [0.2, 0.25) is 0 Å². The second kappa shape index (κ2) is 4.74. The molecule has 0 saturated heterocycles. The molecule has 0 aliphatic heterocycles. The van der Waals surface area contributed by atoms with Gasteiger partial charge in [0.25, 0.3) is 0 Å². The van der Waals surface area contributed by atoms with E-state index >= 15 is 0 Å². The molecule has 0 unspecified atom stereocenters. The van der Waals surface area contributed by atoms with Crippen molar-refractivity contribution >= 4 is 37.7 Å². The molecule has 0 fully saturated rings. The minimum atomic E-state index is 1.11. The van der Waals surface area contributed by atoms with Crippen LogP contribution in [0, 0.1) is 0 Å². The molecular formula is C19H14BrN. The molecule has 0 N–H and O–H groups in total. The van der Waals surface area contributed by atoms with E-state index in [1.54, 1.807) is 0 Å². The SMILES string of the molecule is Cn1c2ccccc2c2c(-c3ccc(Br)cc3)cccc21. The summed E-state index contributed by atoms with van der Waals surface area (Å²) in [6.07, 6.45) is 0. The first-order valence-electron chi connectivity index (χ1n) is 6.98. The van der Waals surface area contributed by atoms with Gasteiger partial charge in [0, 0.05) is 33.3 Å². The molecule has 4 rings (SSSR count). The lowest BCUT2D eigenvalue weighted by atomic mass is 9.99. The zero-order valence-corrected chi connectivity index (χ0v) is 13.3. The van der Waals surface area contributed by atoms with Gasteiger partial charge in [0.15, 0.2) is 0 Å². The Balaban J connectivity index is 2.15. The van der Waals surface area contributed by atoms with E-state index in [-0.39, 0.29) is 0 Å². The van der Waals surface area contributed by atoms with Crippen LogP contribution in [0.4, 0.5) is 0 Å². The van der Waals surface area contributed by atoms with E-state index in [2.05, 4.69) is 94.3 Å². The highest BCUT2D eigenvalue weighted by Crippen LogP contribution is 2.36. The second-order valence-corrected chi connectivity index (χ2v) is 6.20. The number of halogens is 1. The molecule has 102 valence electrons. The van der Waals surface area contributed by atoms with Crippen LogP contribution in [0.1, 0.15) is 0 Å². The van der Waals surface area contributed by atoms with Crippen molar-refractivity contribution in [2.45, 2.75) is 0 Å². The molecule has 0 bridgehead atoms. The first-order valence-corrected chi connectivity index (χ1v) is 7.77. The van der Waals surface area contributed by atoms with Crippen molar-refractivity contribution in [2.75, 3.05) is 0 Å². The average Bonchev–Trinajstić information content (AvgIpc) is 2.82. The van der Waals surface area contributed by atoms with Gasteiger partial charge in [0.05, 0.1) is 0 Å². The highest BCUT2D eigenvalue weighted by atomic mass is 79.9. The lowest BCUT2D eigenvalue weighted by molar-refractivity contribution is 1.01. The first-order chi connectivity index (χ1) is 10.3. The maximum absolute atomic E-state index is 3.51. The third-order valence-electron chi connectivity index (χ3n) is 4.09. The highest BCUT2D eigenvalue weighted by molar-refractivity contribution is 9.10. The van der Waals surface area contributed by atoms with Crippen LogP contribution in [-0.4, -0.2) is 4.57 Å². The van der Waals surface area contributed by atoms with Crippen LogP contribution in [0.5, 0.6) is 0 Å². The molecular weight excluding hydrogens is 322 g/mol. The van der Waals surface area contributed by atoms with E-state index in [4.69, 9.17) is 0 Å². The van der Waals surface area contributed by atoms with Crippen molar-refractivity contribution in [1.29, 1.82) is 0 Å². The number of para-hydroxylation sites is 1. The summed E-state index contributed by atoms with van der Waals surface area (Å²) in [5.74, 6) is 0. The molecule has 0 spiro atoms. The molecule has 3 aromatic carbocycles. The summed E-state index contributed by atoms with van der Waals surface area (Å²) in [7, 11) is 2.13. The maximum Gasteiger partial charge on any atom is 0.0495 e. The topological polar surface area (TPSA) is 4.93 Å². The Bertz CT molecular complexity index is 949. The molecule has 2 heteroatoms. The van der Waals surface area contributed by atoms with Crippen LogP contribution in [0.3, 0.4) is 0 Å². The third kappa shape index (κ3) is 1.90. The number of nitrogens with zero attached hydrogens (tertiary/aromatic N) is 1. The number of aromatic nitrogens is 1. The third-order valence-corrected chi connectivity index (χ3v) is 4.62. The van der Waals surface area contributed by atoms with Gasteiger partial charge >= 0.3 is 0 Å². The predicted octanol–water partition coefficient (Wildman–Crippen LogP) is 5.76. The van der Waals surface area contributed by atoms with Gasteiger partial charge in [-0.2, -0.15) is 0 Å². The summed E-state index contributed by atoms with van der Waals surface area (Å²) in [4.78, 5) is 0. The second-order valence-electron chi connectivity index (χ2n) is 5.28. The molecule has 0 atom stereocenters. The largest absolute Gasteiger partial charge is 0.344 e. The van der Waals surface area contributed by atoms with Gasteiger partial charge in [-0.05, 0) is 35.4 Å². The molecule has 4 aromatic rings. The number of hydrogen-bond donors (Lipinski definition) is 0. The lowest BCUT2D eigenvalue weighted by Crippen LogP contribution is -1.86. The molecule has 1 aromatic heterocycles. The molecule has 1 heterocycles. The van der Waals surface area contributed by atoms with E-state index in [1.165, 1.54) is 32.9 Å². The average molecular weight is 336 g/mol. The van der Waals surface area contributed by atoms with Gasteiger partial charge in [0.2, 0.25) is 0 Å². The normalized spacial score (nSPS) is 11.3. The van der Waals surface area contributed by atoms with Crippen molar-refractivity contribution in [1.82, 2.24) is 4.57 Å². The molecule has 1 nitrogen and oxygen atoms in total. The van der Waals surface area contributed by atoms with Crippen LogP contribution >= 0.6 is 15.9 Å². The highest BCUT2D eigenvalue weighted by Gasteiger charge is 2.12. The molecule has 0 radical (unpaired) electrons. The number of fused-ring (bicyclic) bond motifs is 3. The van der Waals surface area contributed by atoms with Crippen molar-refractivity contribution < 1.29 is 0 Å². The van der Waals surface area contributed by atoms with Gasteiger partial charge in [-0.25, -0.2) is 0 Å². The fourth-order valence-corrected chi connectivity index (χ4v) is 3.34. The van der Waals surface area contributed by atoms with Gasteiger partial charge in [-0.15, -0.1) is 0 Å². The smallest absolute Gasteiger partial charge is 0.0495 e. The van der Waals surface area contributed by atoms with E-state index in [1.807, 2.05) is 0 Å². The molecule has 0 aliphatic rings. The summed E-state index contributed by atoms with van der Waals surface area (Å²) in [5, 5.41) is 2.64. The van der Waals surface area contributed by atoms with Crippen LogP contribution in [-0.2, 0) is 7.05 Å². The van der Waals surface area contributed by atoms with Crippen molar-refractivity contribution in [3.05, 3.63) is 71.2 Å². The zero-order valence-electron chi connectivity index (χ0n) is 11.7. The van der Waals surface area contributed by atoms with Crippen molar-refractivity contribution in [3.63, 3.8) is 0 Å². The lowest BCUT2D eigenvalue weighted by Gasteiger charge is -2.05. The van der Waals surface area contributed by atoms with Crippen molar-refractivity contribution in [3.8, 4) is 11.1 Å². The van der Waals surface area contributed by atoms with Gasteiger partial charge in [-0.1, -0.05) is 58.4 Å². The standard InChI is InChI=1S/C19H14BrN/c1-21-17-7-3-2-5-16(17)19-15(6-4-8-18(19)21)13-9-11-14(20)12-10-13/h2-12H,1H3. The fraction of sp³-hybridized carbons (Fsp3) is 0.0526. The summed E-state index contributed by atoms with van der Waals surface area (Å²) in [6.45, 7) is 0. The Kier molecular flexibility index (Phi) is 2.86. The van der Waals surface area contributed by atoms with E-state index in [9.17, 15) is 0 Å². The van der Waals surface area contributed by atoms with Crippen LogP contribution in [0.15, 0.2) is 71.2 Å². The molecule has 0 aliphatic carbocycles. The number of rotatable bonds is 1. The van der Waals surface area contributed by atoms with Gasteiger partial charge in [0.1, 0.15) is 0 Å². The number of benzene rings is 3. The summed E-state index contributed by atoms with van der Waals surface area (Å²) >= 11 is 3.51. The quantitative estimate of drug-likeness (QED) is 0.416. The summed E-state index contributed by atoms with van der Waals surface area (Å²) < 4.78 is 3.38. The van der Waals surface area contributed by atoms with E-state index in [0.29, 0.717) is 0 Å². The Morgan fingerprint density at radius 3 is 2.29 bits per heavy atom. The molecule has 21 heavy (non-hydrogen) atoms. The molecule has 0 saturated carbocycles. The summed E-state index contributed by atoms with van der Waals surface area (Å²) in [6, 6.07) is 23.7. The Morgan fingerprint density at radius 1 is 0.762 bits per heavy atom. The van der Waals surface area contributed by atoms with Gasteiger partial charge < -0.3 is 4.57 Å². The predicted molar refractivity (Wildman–Crippen MR) is 93.6 cm³/mol. The Labute approximate surface area is 132 Å². The van der Waals surface area contributed by atoms with Crippen LogP contribution in [0.25, 0.3) is 32.9 Å². The minimum Gasteiger partial charge on any atom is -0.344 e. The Morgan fingerprint density at radius 2 is 1.48 bits per heavy atom. The van der Waals surface area contributed by atoms with Crippen LogP contribution < -0.4 is 0 Å². The first kappa shape index (κ1) is 12.7. The number of hydrogen-bond acceptors (Lipinski definition) is 0. The number of aryl methyl sites for hydroxylation is 1. The summed E-state index contributed by atoms with van der Waals surface area (Å²) in [5.41, 5.74) is 5.09. The van der Waals surface area contributed by atoms with E-state index in [0.717, 1.165) is 4.47 Å². The van der Waals surface area contributed by atoms with Gasteiger partial charge in [-0.3, -0.25) is 0 Å². The minimum absolute atomic E-state index is 1.11. The fourth-order valence-electron chi connectivity index (χ4n) is 3.08. The monoisotopic (exact) mass is 335 g/mol. The molecule has 0 amide bonds. The van der Waals surface area contributed by atoms with Crippen molar-refractivity contribution in [2.24, 2.45) is 7.05 Å². The Hall–Kier alpha value is -2.06. The zero-order chi connectivity index (χ0) is 14.4. The maximum atomic E-state index is 3.51.